The third-order valence-corrected chi connectivity index (χ3v) is 3.78. The summed E-state index contributed by atoms with van der Waals surface area (Å²) < 4.78 is 0. The molecule has 10 heavy (non-hydrogen) atoms. The molecule has 1 spiro atoms. The van der Waals surface area contributed by atoms with E-state index in [2.05, 4.69) is 5.32 Å². The Morgan fingerprint density at radius 2 is 2.30 bits per heavy atom. The van der Waals surface area contributed by atoms with Gasteiger partial charge in [-0.1, -0.05) is 0 Å². The van der Waals surface area contributed by atoms with Gasteiger partial charge in [-0.2, -0.15) is 0 Å². The molecule has 3 atom stereocenters. The summed E-state index contributed by atoms with van der Waals surface area (Å²) in [5.74, 6) is 1.81. The van der Waals surface area contributed by atoms with E-state index in [0.29, 0.717) is 12.6 Å². The summed E-state index contributed by atoms with van der Waals surface area (Å²) in [4.78, 5) is 0. The molecular weight excluding hydrogens is 126 g/mol. The molecule has 2 heteroatoms. The van der Waals surface area contributed by atoms with E-state index >= 15 is 0 Å². The summed E-state index contributed by atoms with van der Waals surface area (Å²) in [5, 5.41) is 12.3. The molecule has 3 unspecified atom stereocenters. The lowest BCUT2D eigenvalue weighted by atomic mass is 10.1. The van der Waals surface area contributed by atoms with Gasteiger partial charge in [-0.15, -0.1) is 0 Å². The number of aliphatic hydroxyl groups is 1. The second kappa shape index (κ2) is 1.41. The minimum Gasteiger partial charge on any atom is -0.395 e. The van der Waals surface area contributed by atoms with Gasteiger partial charge in [-0.3, -0.25) is 0 Å². The van der Waals surface area contributed by atoms with Crippen LogP contribution in [0.25, 0.3) is 0 Å². The summed E-state index contributed by atoms with van der Waals surface area (Å²) in [6.07, 6.45) is 2.89. The first-order valence-electron chi connectivity index (χ1n) is 4.23. The van der Waals surface area contributed by atoms with Crippen LogP contribution in [-0.2, 0) is 0 Å². The van der Waals surface area contributed by atoms with E-state index in [9.17, 15) is 0 Å². The first-order valence-corrected chi connectivity index (χ1v) is 4.23. The van der Waals surface area contributed by atoms with E-state index in [4.69, 9.17) is 5.11 Å². The molecule has 0 aromatic rings. The quantitative estimate of drug-likeness (QED) is 0.535. The third kappa shape index (κ3) is 0.424. The van der Waals surface area contributed by atoms with Crippen molar-refractivity contribution in [3.05, 3.63) is 0 Å². The van der Waals surface area contributed by atoms with Crippen LogP contribution in [0.15, 0.2) is 0 Å². The average molecular weight is 139 g/mol. The van der Waals surface area contributed by atoms with Gasteiger partial charge in [-0.05, 0) is 36.6 Å². The van der Waals surface area contributed by atoms with Gasteiger partial charge in [0.15, 0.2) is 0 Å². The van der Waals surface area contributed by atoms with E-state index < -0.39 is 0 Å². The molecule has 0 aromatic heterocycles. The highest BCUT2D eigenvalue weighted by molar-refractivity contribution is 5.25. The van der Waals surface area contributed by atoms with Crippen molar-refractivity contribution in [1.29, 1.82) is 0 Å². The van der Waals surface area contributed by atoms with Crippen molar-refractivity contribution in [3.63, 3.8) is 0 Å². The van der Waals surface area contributed by atoms with Crippen molar-refractivity contribution in [2.45, 2.75) is 18.9 Å². The van der Waals surface area contributed by atoms with Gasteiger partial charge in [-0.25, -0.2) is 0 Å². The first kappa shape index (κ1) is 5.56. The normalized spacial score (nSPS) is 53.1. The van der Waals surface area contributed by atoms with Crippen molar-refractivity contribution >= 4 is 0 Å². The Labute approximate surface area is 60.6 Å². The van der Waals surface area contributed by atoms with E-state index in [-0.39, 0.29) is 0 Å². The zero-order valence-corrected chi connectivity index (χ0v) is 6.01. The van der Waals surface area contributed by atoms with E-state index in [0.717, 1.165) is 17.3 Å². The minimum atomic E-state index is 0.350. The maximum Gasteiger partial charge on any atom is 0.0587 e. The minimum absolute atomic E-state index is 0.350. The number of aliphatic hydroxyl groups excluding tert-OH is 1. The maximum absolute atomic E-state index is 8.96. The molecule has 1 heterocycles. The molecule has 2 saturated carbocycles. The van der Waals surface area contributed by atoms with Crippen LogP contribution in [0.1, 0.15) is 12.8 Å². The number of hydrogen-bond acceptors (Lipinski definition) is 2. The predicted octanol–water partition coefficient (Wildman–Crippen LogP) is -0.0233. The highest BCUT2D eigenvalue weighted by atomic mass is 16.3. The van der Waals surface area contributed by atoms with Crippen LogP contribution in [0.5, 0.6) is 0 Å². The third-order valence-electron chi connectivity index (χ3n) is 3.78. The van der Waals surface area contributed by atoms with Gasteiger partial charge in [0.2, 0.25) is 0 Å². The molecule has 2 N–H and O–H groups in total. The number of rotatable bonds is 1. The van der Waals surface area contributed by atoms with Gasteiger partial charge in [0, 0.05) is 6.04 Å². The molecule has 2 nitrogen and oxygen atoms in total. The zero-order valence-electron chi connectivity index (χ0n) is 6.01. The van der Waals surface area contributed by atoms with Crippen LogP contribution in [0.3, 0.4) is 0 Å². The molecule has 1 saturated heterocycles. The molecule has 56 valence electrons. The Morgan fingerprint density at radius 3 is 2.80 bits per heavy atom. The summed E-state index contributed by atoms with van der Waals surface area (Å²) in [6.45, 7) is 1.53. The van der Waals surface area contributed by atoms with Crippen LogP contribution in [0.4, 0.5) is 0 Å². The Morgan fingerprint density at radius 1 is 1.50 bits per heavy atom. The second-order valence-electron chi connectivity index (χ2n) is 4.06. The summed E-state index contributed by atoms with van der Waals surface area (Å²) >= 11 is 0. The monoisotopic (exact) mass is 139 g/mol. The zero-order chi connectivity index (χ0) is 6.77. The number of nitrogens with one attached hydrogen (secondary N) is 1. The molecule has 0 radical (unpaired) electrons. The number of piperidine rings is 1. The highest BCUT2D eigenvalue weighted by Crippen LogP contribution is 2.77. The lowest BCUT2D eigenvalue weighted by Crippen LogP contribution is -2.31. The summed E-state index contributed by atoms with van der Waals surface area (Å²) in [5.41, 5.74) is 0.763. The van der Waals surface area contributed by atoms with E-state index in [1.807, 2.05) is 0 Å². The molecule has 3 rings (SSSR count). The van der Waals surface area contributed by atoms with Crippen molar-refractivity contribution in [1.82, 2.24) is 5.32 Å². The largest absolute Gasteiger partial charge is 0.395 e. The van der Waals surface area contributed by atoms with Gasteiger partial charge in [0.25, 0.3) is 0 Å². The van der Waals surface area contributed by atoms with Crippen molar-refractivity contribution < 1.29 is 5.11 Å². The summed E-state index contributed by atoms with van der Waals surface area (Å²) in [7, 11) is 0. The van der Waals surface area contributed by atoms with Crippen molar-refractivity contribution in [3.8, 4) is 0 Å². The molecule has 0 aromatic carbocycles. The lowest BCUT2D eigenvalue weighted by molar-refractivity contribution is 0.234. The van der Waals surface area contributed by atoms with Crippen molar-refractivity contribution in [2.24, 2.45) is 17.3 Å². The first-order chi connectivity index (χ1) is 4.88. The summed E-state index contributed by atoms with van der Waals surface area (Å²) in [6, 6.07) is 0.451. The Balaban J connectivity index is 1.82. The fourth-order valence-corrected chi connectivity index (χ4v) is 3.06. The van der Waals surface area contributed by atoms with Crippen LogP contribution in [-0.4, -0.2) is 24.3 Å². The van der Waals surface area contributed by atoms with Crippen LogP contribution < -0.4 is 5.32 Å². The standard InChI is InChI=1S/C8H13NO/c10-4-6-7-5(3-9-6)8(7)1-2-8/h5-7,9-10H,1-4H2. The molecule has 3 fully saturated rings. The number of fused-ring (bicyclic) bond motifs is 3. The molecule has 3 aliphatic rings. The van der Waals surface area contributed by atoms with Gasteiger partial charge >= 0.3 is 0 Å². The van der Waals surface area contributed by atoms with Crippen LogP contribution in [0, 0.1) is 17.3 Å². The lowest BCUT2D eigenvalue weighted by Gasteiger charge is -2.10. The van der Waals surface area contributed by atoms with Gasteiger partial charge in [0.05, 0.1) is 6.61 Å². The Hall–Kier alpha value is -0.0800. The smallest absolute Gasteiger partial charge is 0.0587 e. The van der Waals surface area contributed by atoms with E-state index in [1.54, 1.807) is 0 Å². The SMILES string of the molecule is OCC1NCC2C1C21CC1. The average Bonchev–Trinajstić information content (AvgIpc) is 2.81. The Bertz CT molecular complexity index is 176. The van der Waals surface area contributed by atoms with Gasteiger partial charge < -0.3 is 10.4 Å². The second-order valence-corrected chi connectivity index (χ2v) is 4.06. The van der Waals surface area contributed by atoms with Crippen molar-refractivity contribution in [2.75, 3.05) is 13.2 Å². The fourth-order valence-electron chi connectivity index (χ4n) is 3.06. The Kier molecular flexibility index (Phi) is 0.783. The molecule has 1 aliphatic heterocycles. The molecular formula is C8H13NO. The molecule has 0 amide bonds. The van der Waals surface area contributed by atoms with Crippen LogP contribution >= 0.6 is 0 Å². The molecule has 0 bridgehead atoms. The number of hydrogen-bond donors (Lipinski definition) is 2. The van der Waals surface area contributed by atoms with Crippen LogP contribution in [0.2, 0.25) is 0 Å². The highest BCUT2D eigenvalue weighted by Gasteiger charge is 2.75. The molecule has 2 aliphatic carbocycles. The van der Waals surface area contributed by atoms with E-state index in [1.165, 1.54) is 19.4 Å². The predicted molar refractivity (Wildman–Crippen MR) is 37.5 cm³/mol. The maximum atomic E-state index is 8.96. The fraction of sp³-hybridized carbons (Fsp3) is 1.00. The van der Waals surface area contributed by atoms with Gasteiger partial charge in [0.1, 0.15) is 0 Å². The topological polar surface area (TPSA) is 32.3 Å².